The van der Waals surface area contributed by atoms with E-state index in [-0.39, 0.29) is 11.1 Å². The van der Waals surface area contributed by atoms with Gasteiger partial charge in [0.1, 0.15) is 0 Å². The predicted octanol–water partition coefficient (Wildman–Crippen LogP) is 0.676. The topological polar surface area (TPSA) is 82.6 Å². The molecule has 0 unspecified atom stereocenters. The number of nitrogens with one attached hydrogen (secondary N) is 2. The Balaban J connectivity index is 2.30. The molecule has 0 aromatic carbocycles. The second kappa shape index (κ2) is 6.24. The van der Waals surface area contributed by atoms with Crippen LogP contribution in [0.3, 0.4) is 0 Å². The van der Waals surface area contributed by atoms with Crippen molar-refractivity contribution in [3.05, 3.63) is 0 Å². The Kier molecular flexibility index (Phi) is 4.75. The van der Waals surface area contributed by atoms with Crippen LogP contribution in [0.2, 0.25) is 0 Å². The molecule has 4 N–H and O–H groups in total. The van der Waals surface area contributed by atoms with E-state index in [2.05, 4.69) is 77.3 Å². The number of rotatable bonds is 3. The molecule has 0 bridgehead atoms. The van der Waals surface area contributed by atoms with Crippen molar-refractivity contribution < 1.29 is 5.32 Å². The summed E-state index contributed by atoms with van der Waals surface area (Å²) in [4.78, 5) is 16.0. The maximum Gasteiger partial charge on any atom is 0.232 e. The van der Waals surface area contributed by atoms with Gasteiger partial charge in [0.25, 0.3) is 0 Å². The van der Waals surface area contributed by atoms with Crippen molar-refractivity contribution in [2.24, 2.45) is 0 Å². The molecular weight excluding hydrogens is 278 g/mol. The molecule has 0 saturated carbocycles. The minimum Gasteiger partial charge on any atom is -0.349 e. The number of aromatic nitrogens is 3. The van der Waals surface area contributed by atoms with Crippen LogP contribution in [0, 0.1) is 0 Å². The number of piperazine rings is 1. The van der Waals surface area contributed by atoms with Gasteiger partial charge in [-0.3, -0.25) is 0 Å². The van der Waals surface area contributed by atoms with Crippen molar-refractivity contribution in [1.82, 2.24) is 15.0 Å². The average molecular weight is 308 g/mol. The summed E-state index contributed by atoms with van der Waals surface area (Å²) in [7, 11) is 0. The van der Waals surface area contributed by atoms with E-state index in [1.165, 1.54) is 0 Å². The number of nitrogens with two attached hydrogens (primary N) is 1. The summed E-state index contributed by atoms with van der Waals surface area (Å²) < 4.78 is 0. The molecule has 0 radical (unpaired) electrons. The first-order valence-electron chi connectivity index (χ1n) is 8.01. The number of nitrogens with zero attached hydrogens (tertiary/aromatic N) is 4. The standard InChI is InChI=1S/C15H29N7/c1-14(2,3)20-11-17-12(21-15(4,5)6)19-13(18-11)22-9-7-16-8-10-22/h16H,7-10H2,1-6H3,(H2,17,18,19,20,21)/p+1. The third-order valence-electron chi connectivity index (χ3n) is 3.09. The van der Waals surface area contributed by atoms with Crippen molar-refractivity contribution in [3.8, 4) is 0 Å². The van der Waals surface area contributed by atoms with Gasteiger partial charge in [-0.25, -0.2) is 0 Å². The van der Waals surface area contributed by atoms with Crippen molar-refractivity contribution in [1.29, 1.82) is 0 Å². The van der Waals surface area contributed by atoms with Crippen LogP contribution in [0.15, 0.2) is 0 Å². The predicted molar refractivity (Wildman–Crippen MR) is 90.5 cm³/mol. The first kappa shape index (κ1) is 16.7. The third kappa shape index (κ3) is 5.29. The molecule has 7 heteroatoms. The van der Waals surface area contributed by atoms with Gasteiger partial charge in [0.05, 0.1) is 26.2 Å². The summed E-state index contributed by atoms with van der Waals surface area (Å²) in [6, 6.07) is 0. The molecule has 2 rings (SSSR count). The van der Waals surface area contributed by atoms with Gasteiger partial charge < -0.3 is 20.9 Å². The number of anilines is 3. The molecule has 7 nitrogen and oxygen atoms in total. The average Bonchev–Trinajstić information content (AvgIpc) is 2.35. The van der Waals surface area contributed by atoms with E-state index in [0.29, 0.717) is 11.9 Å². The largest absolute Gasteiger partial charge is 0.349 e. The third-order valence-corrected chi connectivity index (χ3v) is 3.09. The molecule has 1 saturated heterocycles. The van der Waals surface area contributed by atoms with Crippen molar-refractivity contribution in [2.75, 3.05) is 41.7 Å². The maximum atomic E-state index is 4.61. The monoisotopic (exact) mass is 308 g/mol. The Hall–Kier alpha value is -1.63. The Labute approximate surface area is 133 Å². The van der Waals surface area contributed by atoms with Crippen molar-refractivity contribution in [3.63, 3.8) is 0 Å². The lowest BCUT2D eigenvalue weighted by molar-refractivity contribution is -0.655. The highest BCUT2D eigenvalue weighted by Gasteiger charge is 2.21. The first-order chi connectivity index (χ1) is 10.1. The van der Waals surface area contributed by atoms with Crippen LogP contribution in [0.5, 0.6) is 0 Å². The van der Waals surface area contributed by atoms with Gasteiger partial charge in [0, 0.05) is 11.1 Å². The fourth-order valence-electron chi connectivity index (χ4n) is 2.24. The Morgan fingerprint density at radius 1 is 0.818 bits per heavy atom. The van der Waals surface area contributed by atoms with Crippen LogP contribution >= 0.6 is 0 Å². The Morgan fingerprint density at radius 3 is 1.68 bits per heavy atom. The zero-order chi connectivity index (χ0) is 16.4. The first-order valence-corrected chi connectivity index (χ1v) is 8.01. The minimum atomic E-state index is -0.0900. The van der Waals surface area contributed by atoms with Gasteiger partial charge in [-0.1, -0.05) is 0 Å². The van der Waals surface area contributed by atoms with Crippen LogP contribution in [0.4, 0.5) is 17.8 Å². The molecule has 1 aliphatic heterocycles. The minimum absolute atomic E-state index is 0.0900. The van der Waals surface area contributed by atoms with Gasteiger partial charge in [0.2, 0.25) is 17.8 Å². The fourth-order valence-corrected chi connectivity index (χ4v) is 2.24. The van der Waals surface area contributed by atoms with E-state index in [4.69, 9.17) is 0 Å². The van der Waals surface area contributed by atoms with Gasteiger partial charge >= 0.3 is 0 Å². The highest BCUT2D eigenvalue weighted by Crippen LogP contribution is 2.19. The van der Waals surface area contributed by atoms with E-state index in [9.17, 15) is 0 Å². The van der Waals surface area contributed by atoms with Crippen molar-refractivity contribution in [2.45, 2.75) is 52.6 Å². The summed E-state index contributed by atoms with van der Waals surface area (Å²) in [5.41, 5.74) is -0.180. The lowest BCUT2D eigenvalue weighted by atomic mass is 10.1. The maximum absolute atomic E-state index is 4.61. The van der Waals surface area contributed by atoms with Gasteiger partial charge in [-0.2, -0.15) is 15.0 Å². The molecule has 1 aromatic rings. The molecule has 1 aromatic heterocycles. The number of quaternary nitrogens is 1. The second-order valence-electron chi connectivity index (χ2n) is 7.89. The molecule has 124 valence electrons. The summed E-state index contributed by atoms with van der Waals surface area (Å²) in [5.74, 6) is 2.00. The molecule has 2 heterocycles. The lowest BCUT2D eigenvalue weighted by Gasteiger charge is -2.28. The zero-order valence-electron chi connectivity index (χ0n) is 14.7. The number of hydrogen-bond acceptors (Lipinski definition) is 6. The highest BCUT2D eigenvalue weighted by atomic mass is 15.3. The highest BCUT2D eigenvalue weighted by molar-refractivity contribution is 5.45. The van der Waals surface area contributed by atoms with Crippen LogP contribution in [0.1, 0.15) is 41.5 Å². The summed E-state index contributed by atoms with van der Waals surface area (Å²) in [6.45, 7) is 16.7. The lowest BCUT2D eigenvalue weighted by Crippen LogP contribution is -2.89. The summed E-state index contributed by atoms with van der Waals surface area (Å²) >= 11 is 0. The van der Waals surface area contributed by atoms with E-state index in [1.54, 1.807) is 0 Å². The van der Waals surface area contributed by atoms with Crippen LogP contribution in [0.25, 0.3) is 0 Å². The summed E-state index contributed by atoms with van der Waals surface area (Å²) in [6.07, 6.45) is 0. The molecule has 0 spiro atoms. The zero-order valence-corrected chi connectivity index (χ0v) is 14.7. The van der Waals surface area contributed by atoms with Gasteiger partial charge in [-0.05, 0) is 41.5 Å². The van der Waals surface area contributed by atoms with E-state index >= 15 is 0 Å². The van der Waals surface area contributed by atoms with E-state index in [0.717, 1.165) is 32.1 Å². The fraction of sp³-hybridized carbons (Fsp3) is 0.800. The molecule has 0 atom stereocenters. The summed E-state index contributed by atoms with van der Waals surface area (Å²) in [5, 5.41) is 9.02. The van der Waals surface area contributed by atoms with E-state index in [1.807, 2.05) is 0 Å². The SMILES string of the molecule is CC(C)(C)Nc1nc(NC(C)(C)C)nc(N2CC[NH2+]CC2)n1. The van der Waals surface area contributed by atoms with Gasteiger partial charge in [-0.15, -0.1) is 0 Å². The Morgan fingerprint density at radius 2 is 1.27 bits per heavy atom. The molecular formula is C15H30N7+. The van der Waals surface area contributed by atoms with Crippen LogP contribution in [-0.2, 0) is 0 Å². The smallest absolute Gasteiger partial charge is 0.232 e. The van der Waals surface area contributed by atoms with Crippen LogP contribution < -0.4 is 20.9 Å². The second-order valence-corrected chi connectivity index (χ2v) is 7.89. The Bertz CT molecular complexity index is 461. The molecule has 1 aliphatic rings. The van der Waals surface area contributed by atoms with Crippen LogP contribution in [-0.4, -0.2) is 52.2 Å². The van der Waals surface area contributed by atoms with Gasteiger partial charge in [0.15, 0.2) is 0 Å². The molecule has 0 amide bonds. The molecule has 1 fully saturated rings. The number of hydrogen-bond donors (Lipinski definition) is 3. The van der Waals surface area contributed by atoms with Crippen molar-refractivity contribution >= 4 is 17.8 Å². The molecule has 0 aliphatic carbocycles. The molecule has 22 heavy (non-hydrogen) atoms. The normalized spacial score (nSPS) is 16.5. The van der Waals surface area contributed by atoms with E-state index < -0.39 is 0 Å². The quantitative estimate of drug-likeness (QED) is 0.761.